The van der Waals surface area contributed by atoms with Crippen molar-refractivity contribution < 1.29 is 4.79 Å². The zero-order valence-corrected chi connectivity index (χ0v) is 12.2. The van der Waals surface area contributed by atoms with E-state index in [1.807, 2.05) is 6.92 Å². The number of nitrogens with one attached hydrogen (secondary N) is 1. The molecule has 0 spiro atoms. The molecule has 0 bridgehead atoms. The molecule has 0 saturated heterocycles. The van der Waals surface area contributed by atoms with Gasteiger partial charge in [0.25, 0.3) is 0 Å². The van der Waals surface area contributed by atoms with Crippen LogP contribution >= 0.6 is 11.3 Å². The van der Waals surface area contributed by atoms with Crippen LogP contribution in [0.25, 0.3) is 0 Å². The van der Waals surface area contributed by atoms with Crippen LogP contribution in [-0.4, -0.2) is 5.91 Å². The van der Waals surface area contributed by atoms with Crippen LogP contribution in [0.15, 0.2) is 10.8 Å². The van der Waals surface area contributed by atoms with E-state index in [-0.39, 0.29) is 5.91 Å². The average Bonchev–Trinajstić information content (AvgIpc) is 2.68. The molecule has 1 amide bonds. The van der Waals surface area contributed by atoms with Gasteiger partial charge in [0.15, 0.2) is 0 Å². The fraction of sp³-hybridized carbons (Fsp3) is 0.600. The highest BCUT2D eigenvalue weighted by molar-refractivity contribution is 7.08. The predicted molar refractivity (Wildman–Crippen MR) is 76.7 cm³/mol. The van der Waals surface area contributed by atoms with E-state index in [0.717, 1.165) is 31.2 Å². The number of rotatable bonds is 3. The third kappa shape index (κ3) is 3.16. The largest absolute Gasteiger partial charge is 0.351 e. The highest BCUT2D eigenvalue weighted by atomic mass is 32.1. The van der Waals surface area contributed by atoms with Crippen molar-refractivity contribution in [3.63, 3.8) is 0 Å². The second-order valence-corrected chi connectivity index (χ2v) is 6.11. The van der Waals surface area contributed by atoms with Gasteiger partial charge in [0.05, 0.1) is 6.07 Å². The molecular weight excluding hydrogens is 256 g/mol. The molecule has 2 rings (SSSR count). The van der Waals surface area contributed by atoms with Gasteiger partial charge in [-0.05, 0) is 41.7 Å². The zero-order valence-electron chi connectivity index (χ0n) is 11.4. The van der Waals surface area contributed by atoms with Crippen LogP contribution < -0.4 is 5.32 Å². The van der Waals surface area contributed by atoms with E-state index in [1.54, 1.807) is 11.3 Å². The lowest BCUT2D eigenvalue weighted by Gasteiger charge is -2.23. The molecule has 0 radical (unpaired) electrons. The van der Waals surface area contributed by atoms with Gasteiger partial charge in [0.1, 0.15) is 5.41 Å². The highest BCUT2D eigenvalue weighted by Gasteiger charge is 2.38. The summed E-state index contributed by atoms with van der Waals surface area (Å²) in [4.78, 5) is 12.4. The van der Waals surface area contributed by atoms with Crippen LogP contribution in [0.2, 0.25) is 0 Å². The van der Waals surface area contributed by atoms with E-state index in [0.29, 0.717) is 19.4 Å². The molecule has 1 aromatic rings. The van der Waals surface area contributed by atoms with Crippen LogP contribution in [0, 0.1) is 23.7 Å². The molecule has 0 unspecified atom stereocenters. The van der Waals surface area contributed by atoms with E-state index in [2.05, 4.69) is 22.1 Å². The smallest absolute Gasteiger partial charge is 0.240 e. The minimum absolute atomic E-state index is 0.0810. The van der Waals surface area contributed by atoms with Gasteiger partial charge in [0, 0.05) is 6.54 Å². The normalized spacial score (nSPS) is 18.3. The lowest BCUT2D eigenvalue weighted by molar-refractivity contribution is -0.129. The summed E-state index contributed by atoms with van der Waals surface area (Å²) in [5.74, 6) is -0.0810. The van der Waals surface area contributed by atoms with Crippen LogP contribution in [0.3, 0.4) is 0 Å². The maximum atomic E-state index is 12.4. The van der Waals surface area contributed by atoms with Crippen molar-refractivity contribution >= 4 is 17.2 Å². The number of hydrogen-bond acceptors (Lipinski definition) is 3. The van der Waals surface area contributed by atoms with Crippen molar-refractivity contribution in [3.05, 3.63) is 21.9 Å². The monoisotopic (exact) mass is 276 g/mol. The van der Waals surface area contributed by atoms with Gasteiger partial charge in [0.2, 0.25) is 5.91 Å². The lowest BCUT2D eigenvalue weighted by Crippen LogP contribution is -2.39. The Morgan fingerprint density at radius 1 is 1.37 bits per heavy atom. The molecule has 1 saturated carbocycles. The van der Waals surface area contributed by atoms with Crippen molar-refractivity contribution in [2.45, 2.75) is 52.0 Å². The molecular formula is C15H20N2OS. The topological polar surface area (TPSA) is 52.9 Å². The third-order valence-electron chi connectivity index (χ3n) is 4.01. The van der Waals surface area contributed by atoms with Gasteiger partial charge >= 0.3 is 0 Å². The van der Waals surface area contributed by atoms with E-state index in [1.165, 1.54) is 5.56 Å². The second-order valence-electron chi connectivity index (χ2n) is 5.37. The summed E-state index contributed by atoms with van der Waals surface area (Å²) in [6, 6.07) is 2.29. The fourth-order valence-corrected chi connectivity index (χ4v) is 3.49. The molecule has 1 heterocycles. The summed E-state index contributed by atoms with van der Waals surface area (Å²) in [5, 5.41) is 16.5. The molecule has 102 valence electrons. The van der Waals surface area contributed by atoms with Crippen molar-refractivity contribution in [2.75, 3.05) is 0 Å². The minimum atomic E-state index is -0.791. The van der Waals surface area contributed by atoms with Gasteiger partial charge < -0.3 is 5.32 Å². The van der Waals surface area contributed by atoms with Gasteiger partial charge in [-0.3, -0.25) is 4.79 Å². The first-order valence-electron chi connectivity index (χ1n) is 6.89. The summed E-state index contributed by atoms with van der Waals surface area (Å²) in [7, 11) is 0. The maximum absolute atomic E-state index is 12.4. The van der Waals surface area contributed by atoms with E-state index in [9.17, 15) is 10.1 Å². The molecule has 3 nitrogen and oxygen atoms in total. The Morgan fingerprint density at radius 2 is 2.05 bits per heavy atom. The Morgan fingerprint density at radius 3 is 2.58 bits per heavy atom. The van der Waals surface area contributed by atoms with Gasteiger partial charge in [-0.1, -0.05) is 25.7 Å². The number of amides is 1. The number of aryl methyl sites for hydroxylation is 1. The average molecular weight is 276 g/mol. The minimum Gasteiger partial charge on any atom is -0.351 e. The molecule has 1 aliphatic rings. The highest BCUT2D eigenvalue weighted by Crippen LogP contribution is 2.34. The molecule has 1 N–H and O–H groups in total. The SMILES string of the molecule is Cc1cscc1CNC(=O)C1(C#N)CCCCCC1. The number of hydrogen-bond donors (Lipinski definition) is 1. The first-order chi connectivity index (χ1) is 9.18. The third-order valence-corrected chi connectivity index (χ3v) is 4.92. The van der Waals surface area contributed by atoms with E-state index < -0.39 is 5.41 Å². The molecule has 4 heteroatoms. The standard InChI is InChI=1S/C15H20N2OS/c1-12-9-19-10-13(12)8-17-14(18)15(11-16)6-4-2-3-5-7-15/h9-10H,2-8H2,1H3,(H,17,18). The number of carbonyl (C=O) groups is 1. The lowest BCUT2D eigenvalue weighted by atomic mass is 9.81. The first-order valence-corrected chi connectivity index (χ1v) is 7.83. The Kier molecular flexibility index (Phi) is 4.60. The van der Waals surface area contributed by atoms with Crippen LogP contribution in [0.5, 0.6) is 0 Å². The Hall–Kier alpha value is -1.34. The Balaban J connectivity index is 2.01. The first kappa shape index (κ1) is 14.1. The molecule has 0 atom stereocenters. The van der Waals surface area contributed by atoms with Crippen LogP contribution in [0.1, 0.15) is 49.7 Å². The summed E-state index contributed by atoms with van der Waals surface area (Å²) in [6.45, 7) is 2.58. The number of thiophene rings is 1. The van der Waals surface area contributed by atoms with E-state index >= 15 is 0 Å². The van der Waals surface area contributed by atoms with Gasteiger partial charge in [-0.15, -0.1) is 0 Å². The summed E-state index contributed by atoms with van der Waals surface area (Å²) in [6.07, 6.45) is 5.66. The van der Waals surface area contributed by atoms with Crippen molar-refractivity contribution in [1.82, 2.24) is 5.32 Å². The number of carbonyl (C=O) groups excluding carboxylic acids is 1. The Labute approximate surface area is 118 Å². The fourth-order valence-electron chi connectivity index (χ4n) is 2.63. The maximum Gasteiger partial charge on any atom is 0.240 e. The Bertz CT molecular complexity index is 479. The quantitative estimate of drug-likeness (QED) is 0.858. The molecule has 0 aromatic carbocycles. The van der Waals surface area contributed by atoms with Crippen molar-refractivity contribution in [2.24, 2.45) is 5.41 Å². The van der Waals surface area contributed by atoms with Crippen molar-refractivity contribution in [3.8, 4) is 6.07 Å². The molecule has 1 aliphatic carbocycles. The van der Waals surface area contributed by atoms with Gasteiger partial charge in [-0.25, -0.2) is 0 Å². The van der Waals surface area contributed by atoms with E-state index in [4.69, 9.17) is 0 Å². The predicted octanol–water partition coefficient (Wildman–Crippen LogP) is 3.54. The molecule has 19 heavy (non-hydrogen) atoms. The zero-order chi connectivity index (χ0) is 13.7. The second kappa shape index (κ2) is 6.21. The van der Waals surface area contributed by atoms with Crippen LogP contribution in [-0.2, 0) is 11.3 Å². The van der Waals surface area contributed by atoms with Crippen molar-refractivity contribution in [1.29, 1.82) is 5.26 Å². The summed E-state index contributed by atoms with van der Waals surface area (Å²) in [5.41, 5.74) is 1.57. The molecule has 1 aromatic heterocycles. The number of nitrogens with zero attached hydrogens (tertiary/aromatic N) is 1. The molecule has 1 fully saturated rings. The van der Waals surface area contributed by atoms with Gasteiger partial charge in [-0.2, -0.15) is 16.6 Å². The summed E-state index contributed by atoms with van der Waals surface area (Å²) < 4.78 is 0. The van der Waals surface area contributed by atoms with Crippen LogP contribution in [0.4, 0.5) is 0 Å². The number of nitriles is 1. The summed E-state index contributed by atoms with van der Waals surface area (Å²) >= 11 is 1.65. The molecule has 0 aliphatic heterocycles.